The maximum Gasteiger partial charge on any atom is 0.306 e. The summed E-state index contributed by atoms with van der Waals surface area (Å²) in [5, 5.41) is 0. The van der Waals surface area contributed by atoms with Crippen LogP contribution in [0.5, 0.6) is 0 Å². The molecule has 0 bridgehead atoms. The molecule has 0 rings (SSSR count). The molecule has 0 aromatic heterocycles. The van der Waals surface area contributed by atoms with Crippen LogP contribution in [0.25, 0.3) is 0 Å². The summed E-state index contributed by atoms with van der Waals surface area (Å²) in [5.74, 6) is -0.981. The molecule has 0 amide bonds. The van der Waals surface area contributed by atoms with Crippen LogP contribution in [-0.2, 0) is 28.6 Å². The molecule has 0 heterocycles. The largest absolute Gasteiger partial charge is 0.462 e. The van der Waals surface area contributed by atoms with Gasteiger partial charge in [-0.2, -0.15) is 0 Å². The highest BCUT2D eigenvalue weighted by molar-refractivity contribution is 5.71. The van der Waals surface area contributed by atoms with Crippen molar-refractivity contribution in [3.63, 3.8) is 0 Å². The highest BCUT2D eigenvalue weighted by atomic mass is 16.6. The standard InChI is InChI=1S/C55H90O6/c1-4-7-10-13-16-19-22-25-27-28-31-33-36-39-42-45-48-54(57)60-51-52(50-59-53(56)47-44-41-38-35-32-29-24-21-18-15-12-9-6-3)61-55(58)49-46-43-40-37-34-30-26-23-20-17-14-11-8-5-2/h8-9,11-12,15,17-18,20-21,24,26-28,30-31,33,52H,4-7,10,13-14,16,19,22-23,25,29,32,34-51H2,1-3H3/b11-8-,12-9-,18-15-,20-17-,24-21-,28-27-,30-26-,33-31-. The summed E-state index contributed by atoms with van der Waals surface area (Å²) in [7, 11) is 0. The third-order valence-corrected chi connectivity index (χ3v) is 10.1. The predicted molar refractivity (Wildman–Crippen MR) is 260 cm³/mol. The fraction of sp³-hybridized carbons (Fsp3) is 0.655. The Kier molecular flexibility index (Phi) is 46.0. The third-order valence-electron chi connectivity index (χ3n) is 10.1. The number of unbranched alkanes of at least 4 members (excludes halogenated alkanes) is 19. The molecule has 346 valence electrons. The molecule has 1 atom stereocenters. The monoisotopic (exact) mass is 847 g/mol. The molecule has 0 saturated carbocycles. The van der Waals surface area contributed by atoms with Gasteiger partial charge >= 0.3 is 17.9 Å². The van der Waals surface area contributed by atoms with E-state index < -0.39 is 6.10 Å². The summed E-state index contributed by atoms with van der Waals surface area (Å²) in [6.07, 6.45) is 63.9. The molecule has 0 aromatic carbocycles. The van der Waals surface area contributed by atoms with Gasteiger partial charge in [0.05, 0.1) is 0 Å². The quantitative estimate of drug-likeness (QED) is 0.0200. The van der Waals surface area contributed by atoms with E-state index in [1.54, 1.807) is 0 Å². The lowest BCUT2D eigenvalue weighted by molar-refractivity contribution is -0.167. The van der Waals surface area contributed by atoms with Gasteiger partial charge in [0, 0.05) is 19.3 Å². The first-order valence-electron chi connectivity index (χ1n) is 24.8. The van der Waals surface area contributed by atoms with E-state index in [1.165, 1.54) is 44.9 Å². The summed E-state index contributed by atoms with van der Waals surface area (Å²) in [6.45, 7) is 6.31. The van der Waals surface area contributed by atoms with Crippen molar-refractivity contribution in [1.29, 1.82) is 0 Å². The zero-order chi connectivity index (χ0) is 44.4. The van der Waals surface area contributed by atoms with Crippen molar-refractivity contribution in [2.75, 3.05) is 13.2 Å². The minimum atomic E-state index is -0.809. The number of esters is 3. The highest BCUT2D eigenvalue weighted by Gasteiger charge is 2.19. The van der Waals surface area contributed by atoms with E-state index in [2.05, 4.69) is 118 Å². The number of ether oxygens (including phenoxy) is 3. The maximum absolute atomic E-state index is 12.8. The Morgan fingerprint density at radius 3 is 1.21 bits per heavy atom. The van der Waals surface area contributed by atoms with Crippen LogP contribution in [0.2, 0.25) is 0 Å². The lowest BCUT2D eigenvalue weighted by Crippen LogP contribution is -2.30. The van der Waals surface area contributed by atoms with Gasteiger partial charge in [0.2, 0.25) is 0 Å². The second-order valence-corrected chi connectivity index (χ2v) is 16.0. The second-order valence-electron chi connectivity index (χ2n) is 16.0. The molecule has 61 heavy (non-hydrogen) atoms. The molecule has 0 spiro atoms. The first-order chi connectivity index (χ1) is 30.0. The minimum absolute atomic E-state index is 0.107. The molecule has 0 aliphatic carbocycles. The van der Waals surface area contributed by atoms with Gasteiger partial charge in [0.1, 0.15) is 13.2 Å². The van der Waals surface area contributed by atoms with Crippen molar-refractivity contribution < 1.29 is 28.6 Å². The average molecular weight is 847 g/mol. The van der Waals surface area contributed by atoms with Gasteiger partial charge in [-0.3, -0.25) is 14.4 Å². The second kappa shape index (κ2) is 49.0. The normalized spacial score (nSPS) is 12.9. The predicted octanol–water partition coefficient (Wildman–Crippen LogP) is 16.2. The molecule has 0 saturated heterocycles. The van der Waals surface area contributed by atoms with Crippen LogP contribution in [0.4, 0.5) is 0 Å². The van der Waals surface area contributed by atoms with Crippen molar-refractivity contribution in [1.82, 2.24) is 0 Å². The van der Waals surface area contributed by atoms with Gasteiger partial charge in [0.15, 0.2) is 6.10 Å². The first kappa shape index (κ1) is 57.3. The number of hydrogen-bond donors (Lipinski definition) is 0. The van der Waals surface area contributed by atoms with Crippen LogP contribution in [0, 0.1) is 0 Å². The molecule has 1 unspecified atom stereocenters. The van der Waals surface area contributed by atoms with Crippen LogP contribution in [0.3, 0.4) is 0 Å². The van der Waals surface area contributed by atoms with Gasteiger partial charge in [-0.25, -0.2) is 0 Å². The molecule has 0 aliphatic heterocycles. The molecular weight excluding hydrogens is 757 g/mol. The smallest absolute Gasteiger partial charge is 0.306 e. The van der Waals surface area contributed by atoms with Crippen LogP contribution in [0.15, 0.2) is 97.2 Å². The molecule has 0 aromatic rings. The lowest BCUT2D eigenvalue weighted by Gasteiger charge is -2.18. The zero-order valence-corrected chi connectivity index (χ0v) is 39.4. The van der Waals surface area contributed by atoms with Crippen molar-refractivity contribution in [2.24, 2.45) is 0 Å². The van der Waals surface area contributed by atoms with Crippen molar-refractivity contribution in [2.45, 2.75) is 219 Å². The number of carbonyl (C=O) groups excluding carboxylic acids is 3. The zero-order valence-electron chi connectivity index (χ0n) is 39.4. The van der Waals surface area contributed by atoms with Gasteiger partial charge < -0.3 is 14.2 Å². The molecule has 0 aliphatic rings. The number of hydrogen-bond acceptors (Lipinski definition) is 6. The Morgan fingerprint density at radius 2 is 0.721 bits per heavy atom. The Hall–Kier alpha value is -3.67. The van der Waals surface area contributed by atoms with E-state index in [0.29, 0.717) is 12.8 Å². The van der Waals surface area contributed by atoms with Crippen molar-refractivity contribution in [3.05, 3.63) is 97.2 Å². The van der Waals surface area contributed by atoms with E-state index in [4.69, 9.17) is 14.2 Å². The molecule has 6 nitrogen and oxygen atoms in total. The minimum Gasteiger partial charge on any atom is -0.462 e. The summed E-state index contributed by atoms with van der Waals surface area (Å²) in [4.78, 5) is 37.9. The third kappa shape index (κ3) is 47.2. The van der Waals surface area contributed by atoms with Gasteiger partial charge in [0.25, 0.3) is 0 Å². The van der Waals surface area contributed by atoms with Crippen LogP contribution in [-0.4, -0.2) is 37.2 Å². The summed E-state index contributed by atoms with van der Waals surface area (Å²) < 4.78 is 16.7. The van der Waals surface area contributed by atoms with Gasteiger partial charge in [-0.15, -0.1) is 0 Å². The molecule has 0 N–H and O–H groups in total. The topological polar surface area (TPSA) is 78.9 Å². The molecular formula is C55H90O6. The maximum atomic E-state index is 12.8. The number of rotatable bonds is 43. The van der Waals surface area contributed by atoms with Crippen LogP contribution >= 0.6 is 0 Å². The fourth-order valence-corrected chi connectivity index (χ4v) is 6.45. The highest BCUT2D eigenvalue weighted by Crippen LogP contribution is 2.13. The first-order valence-corrected chi connectivity index (χ1v) is 24.8. The lowest BCUT2D eigenvalue weighted by atomic mass is 10.1. The Bertz CT molecular complexity index is 1250. The number of carbonyl (C=O) groups is 3. The fourth-order valence-electron chi connectivity index (χ4n) is 6.45. The summed E-state index contributed by atoms with van der Waals surface area (Å²) in [6, 6.07) is 0. The molecule has 0 radical (unpaired) electrons. The molecule has 6 heteroatoms. The average Bonchev–Trinajstić information content (AvgIpc) is 3.26. The van der Waals surface area contributed by atoms with Crippen molar-refractivity contribution >= 4 is 17.9 Å². The van der Waals surface area contributed by atoms with Gasteiger partial charge in [-0.1, -0.05) is 195 Å². The summed E-state index contributed by atoms with van der Waals surface area (Å²) in [5.41, 5.74) is 0. The number of allylic oxidation sites excluding steroid dienone is 16. The van der Waals surface area contributed by atoms with E-state index in [9.17, 15) is 14.4 Å². The molecule has 0 fully saturated rings. The van der Waals surface area contributed by atoms with E-state index in [-0.39, 0.29) is 37.5 Å². The van der Waals surface area contributed by atoms with Crippen LogP contribution in [0.1, 0.15) is 213 Å². The SMILES string of the molecule is CC\C=C/C=C\C=C/CCCCCCCC(=O)OCC(COC(=O)CCCCC/C=C\C=C/CCCCCCCCC)OC(=O)CCCCCC/C=C\C/C=C\C/C=C\CC. The van der Waals surface area contributed by atoms with E-state index in [0.717, 1.165) is 128 Å². The van der Waals surface area contributed by atoms with E-state index >= 15 is 0 Å². The Labute approximate surface area is 375 Å². The van der Waals surface area contributed by atoms with E-state index in [1.807, 2.05) is 0 Å². The Morgan fingerprint density at radius 1 is 0.361 bits per heavy atom. The van der Waals surface area contributed by atoms with Crippen LogP contribution < -0.4 is 0 Å². The Balaban J connectivity index is 4.50. The van der Waals surface area contributed by atoms with Crippen molar-refractivity contribution in [3.8, 4) is 0 Å². The van der Waals surface area contributed by atoms with Gasteiger partial charge in [-0.05, 0) is 96.3 Å². The summed E-state index contributed by atoms with van der Waals surface area (Å²) >= 11 is 0.